The number of carbonyl (C=O) groups is 1. The number of carbonyl (C=O) groups excluding carboxylic acids is 1. The highest BCUT2D eigenvalue weighted by molar-refractivity contribution is 5.93. The molecule has 0 radical (unpaired) electrons. The van der Waals surface area contributed by atoms with Crippen molar-refractivity contribution >= 4 is 17.5 Å². The first-order valence-corrected chi connectivity index (χ1v) is 9.63. The van der Waals surface area contributed by atoms with Crippen LogP contribution in [0, 0.1) is 6.92 Å². The van der Waals surface area contributed by atoms with Crippen LogP contribution in [0.15, 0.2) is 30.3 Å². The fourth-order valence-corrected chi connectivity index (χ4v) is 3.53. The van der Waals surface area contributed by atoms with Crippen LogP contribution in [0.2, 0.25) is 0 Å². The van der Waals surface area contributed by atoms with E-state index in [0.717, 1.165) is 43.6 Å². The summed E-state index contributed by atoms with van der Waals surface area (Å²) in [5, 5.41) is 3.23. The van der Waals surface area contributed by atoms with Crippen molar-refractivity contribution in [2.75, 3.05) is 11.9 Å². The molecule has 1 N–H and O–H groups in total. The molecule has 1 atom stereocenters. The smallest absolute Gasteiger partial charge is 0.272 e. The topological polar surface area (TPSA) is 58.1 Å². The highest BCUT2D eigenvalue weighted by atomic mass is 16.2. The van der Waals surface area contributed by atoms with E-state index in [-0.39, 0.29) is 5.91 Å². The van der Waals surface area contributed by atoms with E-state index in [1.807, 2.05) is 24.0 Å². The predicted molar refractivity (Wildman–Crippen MR) is 105 cm³/mol. The van der Waals surface area contributed by atoms with Crippen LogP contribution in [-0.4, -0.2) is 33.4 Å². The van der Waals surface area contributed by atoms with Gasteiger partial charge in [-0.25, -0.2) is 9.97 Å². The lowest BCUT2D eigenvalue weighted by Gasteiger charge is -2.35. The van der Waals surface area contributed by atoms with Crippen molar-refractivity contribution in [2.45, 2.75) is 58.9 Å². The van der Waals surface area contributed by atoms with Gasteiger partial charge in [0.25, 0.3) is 5.91 Å². The van der Waals surface area contributed by atoms with Crippen LogP contribution >= 0.6 is 0 Å². The molecule has 5 heteroatoms. The largest absolute Gasteiger partial charge is 0.334 e. The summed E-state index contributed by atoms with van der Waals surface area (Å²) in [5.74, 6) is 0.495. The molecule has 1 amide bonds. The molecule has 1 unspecified atom stereocenters. The van der Waals surface area contributed by atoms with Crippen LogP contribution < -0.4 is 5.32 Å². The molecule has 1 aliphatic heterocycles. The number of aromatic nitrogens is 2. The van der Waals surface area contributed by atoms with E-state index in [1.54, 1.807) is 6.07 Å². The molecule has 1 fully saturated rings. The number of benzene rings is 1. The van der Waals surface area contributed by atoms with Crippen molar-refractivity contribution < 1.29 is 4.79 Å². The summed E-state index contributed by atoms with van der Waals surface area (Å²) in [6.45, 7) is 7.00. The highest BCUT2D eigenvalue weighted by Crippen LogP contribution is 2.22. The number of rotatable bonds is 5. The third kappa shape index (κ3) is 4.21. The van der Waals surface area contributed by atoms with Crippen molar-refractivity contribution in [3.05, 3.63) is 47.3 Å². The summed E-state index contributed by atoms with van der Waals surface area (Å²) >= 11 is 0. The van der Waals surface area contributed by atoms with E-state index in [2.05, 4.69) is 41.3 Å². The Bertz CT molecular complexity index is 757. The molecule has 0 spiro atoms. The first-order valence-electron chi connectivity index (χ1n) is 9.63. The van der Waals surface area contributed by atoms with Crippen LogP contribution in [-0.2, 0) is 6.42 Å². The summed E-state index contributed by atoms with van der Waals surface area (Å²) in [7, 11) is 0. The van der Waals surface area contributed by atoms with Gasteiger partial charge in [-0.1, -0.05) is 26.0 Å². The predicted octanol–water partition coefficient (Wildman–Crippen LogP) is 4.50. The number of nitrogens with one attached hydrogen (secondary N) is 1. The summed E-state index contributed by atoms with van der Waals surface area (Å²) in [6, 6.07) is 10.3. The van der Waals surface area contributed by atoms with Crippen LogP contribution in [0.5, 0.6) is 0 Å². The van der Waals surface area contributed by atoms with Crippen LogP contribution in [0.4, 0.5) is 11.6 Å². The van der Waals surface area contributed by atoms with Gasteiger partial charge in [-0.3, -0.25) is 4.79 Å². The summed E-state index contributed by atoms with van der Waals surface area (Å²) < 4.78 is 0. The maximum Gasteiger partial charge on any atom is 0.272 e. The Hall–Kier alpha value is -2.43. The quantitative estimate of drug-likeness (QED) is 0.861. The van der Waals surface area contributed by atoms with Crippen LogP contribution in [0.3, 0.4) is 0 Å². The van der Waals surface area contributed by atoms with Gasteiger partial charge in [-0.2, -0.15) is 0 Å². The number of amides is 1. The molecule has 0 saturated carbocycles. The van der Waals surface area contributed by atoms with E-state index in [1.165, 1.54) is 12.0 Å². The zero-order valence-corrected chi connectivity index (χ0v) is 16.0. The highest BCUT2D eigenvalue weighted by Gasteiger charge is 2.27. The van der Waals surface area contributed by atoms with Crippen LogP contribution in [0.1, 0.15) is 61.3 Å². The average Bonchev–Trinajstić information content (AvgIpc) is 2.67. The van der Waals surface area contributed by atoms with E-state index < -0.39 is 0 Å². The lowest BCUT2D eigenvalue weighted by molar-refractivity contribution is 0.0602. The average molecular weight is 352 g/mol. The molecule has 0 bridgehead atoms. The molecule has 26 heavy (non-hydrogen) atoms. The first kappa shape index (κ1) is 18.4. The SMILES string of the molecule is CCc1ccc(Nc2nc(C)cc(C(=O)N3CCCCC3CC)n2)cc1. The van der Waals surface area contributed by atoms with E-state index >= 15 is 0 Å². The normalized spacial score (nSPS) is 17.2. The summed E-state index contributed by atoms with van der Waals surface area (Å²) in [5.41, 5.74) is 3.48. The third-order valence-corrected chi connectivity index (χ3v) is 5.05. The van der Waals surface area contributed by atoms with E-state index in [0.29, 0.717) is 17.7 Å². The molecule has 3 rings (SSSR count). The van der Waals surface area contributed by atoms with Gasteiger partial charge in [-0.15, -0.1) is 0 Å². The minimum Gasteiger partial charge on any atom is -0.334 e. The molecule has 1 saturated heterocycles. The summed E-state index contributed by atoms with van der Waals surface area (Å²) in [6.07, 6.45) is 5.35. The fourth-order valence-electron chi connectivity index (χ4n) is 3.53. The minimum absolute atomic E-state index is 0.0198. The van der Waals surface area contributed by atoms with Crippen LogP contribution in [0.25, 0.3) is 0 Å². The second kappa shape index (κ2) is 8.30. The summed E-state index contributed by atoms with van der Waals surface area (Å²) in [4.78, 5) is 24.0. The Kier molecular flexibility index (Phi) is 5.86. The Morgan fingerprint density at radius 2 is 1.96 bits per heavy atom. The number of anilines is 2. The van der Waals surface area contributed by atoms with Crippen molar-refractivity contribution in [3.63, 3.8) is 0 Å². The molecule has 0 aliphatic carbocycles. The molecule has 5 nitrogen and oxygen atoms in total. The van der Waals surface area contributed by atoms with Gasteiger partial charge in [0.2, 0.25) is 5.95 Å². The third-order valence-electron chi connectivity index (χ3n) is 5.05. The second-order valence-electron chi connectivity index (χ2n) is 6.95. The number of likely N-dealkylation sites (tertiary alicyclic amines) is 1. The number of aryl methyl sites for hydroxylation is 2. The number of piperidine rings is 1. The van der Waals surface area contributed by atoms with Gasteiger partial charge in [0.15, 0.2) is 0 Å². The lowest BCUT2D eigenvalue weighted by Crippen LogP contribution is -2.43. The van der Waals surface area contributed by atoms with Gasteiger partial charge >= 0.3 is 0 Å². The lowest BCUT2D eigenvalue weighted by atomic mass is 9.99. The van der Waals surface area contributed by atoms with Gasteiger partial charge in [-0.05, 0) is 62.8 Å². The number of hydrogen-bond donors (Lipinski definition) is 1. The first-order chi connectivity index (χ1) is 12.6. The van der Waals surface area contributed by atoms with Crippen molar-refractivity contribution in [2.24, 2.45) is 0 Å². The molecule has 1 aliphatic rings. The van der Waals surface area contributed by atoms with Gasteiger partial charge < -0.3 is 10.2 Å². The number of hydrogen-bond acceptors (Lipinski definition) is 4. The molecule has 2 aromatic rings. The maximum absolute atomic E-state index is 13.0. The Morgan fingerprint density at radius 3 is 2.65 bits per heavy atom. The Morgan fingerprint density at radius 1 is 1.19 bits per heavy atom. The zero-order chi connectivity index (χ0) is 18.5. The van der Waals surface area contributed by atoms with E-state index in [9.17, 15) is 4.79 Å². The fraction of sp³-hybridized carbons (Fsp3) is 0.476. The molecule has 138 valence electrons. The Balaban J connectivity index is 1.81. The molecule has 1 aromatic heterocycles. The second-order valence-corrected chi connectivity index (χ2v) is 6.95. The van der Waals surface area contributed by atoms with Crippen molar-refractivity contribution in [1.82, 2.24) is 14.9 Å². The molecular formula is C21H28N4O. The minimum atomic E-state index is 0.0198. The number of nitrogens with zero attached hydrogens (tertiary/aromatic N) is 3. The molecule has 2 heterocycles. The van der Waals surface area contributed by atoms with E-state index in [4.69, 9.17) is 0 Å². The maximum atomic E-state index is 13.0. The Labute approximate surface area is 155 Å². The van der Waals surface area contributed by atoms with Crippen molar-refractivity contribution in [3.8, 4) is 0 Å². The molecule has 1 aromatic carbocycles. The van der Waals surface area contributed by atoms with Gasteiger partial charge in [0.1, 0.15) is 5.69 Å². The standard InChI is InChI=1S/C21H28N4O/c1-4-16-9-11-17(12-10-16)23-21-22-15(3)14-19(24-21)20(26)25-13-7-6-8-18(25)5-2/h9-12,14,18H,4-8,13H2,1-3H3,(H,22,23,24). The van der Waals surface area contributed by atoms with Crippen molar-refractivity contribution in [1.29, 1.82) is 0 Å². The molecular weight excluding hydrogens is 324 g/mol. The monoisotopic (exact) mass is 352 g/mol. The van der Waals surface area contributed by atoms with Gasteiger partial charge in [0.05, 0.1) is 0 Å². The zero-order valence-electron chi connectivity index (χ0n) is 16.0. The van der Waals surface area contributed by atoms with Gasteiger partial charge in [0, 0.05) is 24.0 Å².